The molecular formula is C23H27ClN2O2. The molecule has 0 spiro atoms. The van der Waals surface area contributed by atoms with E-state index in [0.29, 0.717) is 18.7 Å². The predicted molar refractivity (Wildman–Crippen MR) is 114 cm³/mol. The van der Waals surface area contributed by atoms with Crippen molar-refractivity contribution < 1.29 is 9.53 Å². The summed E-state index contributed by atoms with van der Waals surface area (Å²) in [5.74, 6) is 0.648. The van der Waals surface area contributed by atoms with Gasteiger partial charge in [-0.2, -0.15) is 0 Å². The number of nitrogens with one attached hydrogen (secondary N) is 1. The van der Waals surface area contributed by atoms with E-state index in [1.54, 1.807) is 30.3 Å². The summed E-state index contributed by atoms with van der Waals surface area (Å²) in [4.78, 5) is 15.1. The second kappa shape index (κ2) is 10.3. The number of amides is 1. The summed E-state index contributed by atoms with van der Waals surface area (Å²) in [5, 5.41) is 3.83. The van der Waals surface area contributed by atoms with Gasteiger partial charge in [0.15, 0.2) is 0 Å². The predicted octanol–water partition coefficient (Wildman–Crippen LogP) is 4.86. The third-order valence-electron chi connectivity index (χ3n) is 5.03. The van der Waals surface area contributed by atoms with Crippen molar-refractivity contribution in [3.8, 4) is 5.75 Å². The van der Waals surface area contributed by atoms with Crippen LogP contribution in [-0.2, 0) is 0 Å². The third kappa shape index (κ3) is 5.60. The number of hydrogen-bond acceptors (Lipinski definition) is 3. The maximum atomic E-state index is 12.6. The highest BCUT2D eigenvalue weighted by Crippen LogP contribution is 2.25. The van der Waals surface area contributed by atoms with E-state index in [2.05, 4.69) is 28.9 Å². The first-order valence-corrected chi connectivity index (χ1v) is 10.2. The molecule has 1 saturated heterocycles. The van der Waals surface area contributed by atoms with Gasteiger partial charge in [-0.25, -0.2) is 0 Å². The molecule has 0 bridgehead atoms. The number of ether oxygens (including phenoxy) is 1. The van der Waals surface area contributed by atoms with Gasteiger partial charge in [-0.15, -0.1) is 0 Å². The molecule has 1 aliphatic rings. The lowest BCUT2D eigenvalue weighted by molar-refractivity contribution is 0.0924. The highest BCUT2D eigenvalue weighted by atomic mass is 35.5. The summed E-state index contributed by atoms with van der Waals surface area (Å²) < 4.78 is 5.47. The molecule has 5 heteroatoms. The molecule has 0 aromatic heterocycles. The molecule has 1 heterocycles. The van der Waals surface area contributed by atoms with Crippen LogP contribution in [0.5, 0.6) is 5.75 Å². The van der Waals surface area contributed by atoms with E-state index < -0.39 is 0 Å². The smallest absolute Gasteiger partial charge is 0.251 e. The highest BCUT2D eigenvalue weighted by Gasteiger charge is 2.23. The van der Waals surface area contributed by atoms with Crippen molar-refractivity contribution >= 4 is 17.5 Å². The Kier molecular flexibility index (Phi) is 7.52. The van der Waals surface area contributed by atoms with Crippen LogP contribution in [0.3, 0.4) is 0 Å². The number of carbonyl (C=O) groups is 1. The summed E-state index contributed by atoms with van der Waals surface area (Å²) in [6.07, 6.45) is 5.36. The fraction of sp³-hybridized carbons (Fsp3) is 0.348. The summed E-state index contributed by atoms with van der Waals surface area (Å²) in [7, 11) is 0. The molecule has 28 heavy (non-hydrogen) atoms. The Balaban J connectivity index is 1.65. The first-order chi connectivity index (χ1) is 13.7. The van der Waals surface area contributed by atoms with E-state index in [4.69, 9.17) is 16.3 Å². The van der Waals surface area contributed by atoms with E-state index in [-0.39, 0.29) is 11.9 Å². The van der Waals surface area contributed by atoms with Crippen molar-refractivity contribution in [2.45, 2.75) is 25.3 Å². The minimum atomic E-state index is -0.0776. The van der Waals surface area contributed by atoms with Gasteiger partial charge < -0.3 is 10.1 Å². The van der Waals surface area contributed by atoms with Gasteiger partial charge in [0.1, 0.15) is 12.4 Å². The van der Waals surface area contributed by atoms with E-state index in [1.165, 1.54) is 24.8 Å². The number of hydrogen-bond donors (Lipinski definition) is 1. The number of halogens is 1. The Morgan fingerprint density at radius 3 is 2.43 bits per heavy atom. The van der Waals surface area contributed by atoms with Crippen LogP contribution in [0, 0.1) is 0 Å². The highest BCUT2D eigenvalue weighted by molar-refractivity contribution is 6.30. The fourth-order valence-electron chi connectivity index (χ4n) is 3.52. The van der Waals surface area contributed by atoms with E-state index in [1.807, 2.05) is 12.1 Å². The molecule has 0 unspecified atom stereocenters. The number of rotatable bonds is 8. The second-order valence-electron chi connectivity index (χ2n) is 7.00. The maximum absolute atomic E-state index is 12.6. The van der Waals surface area contributed by atoms with E-state index >= 15 is 0 Å². The lowest BCUT2D eigenvalue weighted by Crippen LogP contribution is -2.40. The summed E-state index contributed by atoms with van der Waals surface area (Å²) in [5.41, 5.74) is 1.80. The van der Waals surface area contributed by atoms with E-state index in [9.17, 15) is 4.79 Å². The topological polar surface area (TPSA) is 41.6 Å². The monoisotopic (exact) mass is 398 g/mol. The molecule has 0 aliphatic carbocycles. The molecule has 1 amide bonds. The van der Waals surface area contributed by atoms with Gasteiger partial charge >= 0.3 is 0 Å². The van der Waals surface area contributed by atoms with Crippen LogP contribution in [-0.4, -0.2) is 37.0 Å². The molecule has 1 atom stereocenters. The molecule has 4 nitrogen and oxygen atoms in total. The molecule has 0 radical (unpaired) electrons. The van der Waals surface area contributed by atoms with E-state index in [0.717, 1.165) is 23.9 Å². The third-order valence-corrected chi connectivity index (χ3v) is 5.28. The Bertz CT molecular complexity index is 768. The first-order valence-electron chi connectivity index (χ1n) is 9.79. The van der Waals surface area contributed by atoms with Crippen molar-refractivity contribution in [1.29, 1.82) is 0 Å². The Morgan fingerprint density at radius 1 is 1.11 bits per heavy atom. The number of piperidine rings is 1. The van der Waals surface area contributed by atoms with Gasteiger partial charge in [0.2, 0.25) is 0 Å². The van der Waals surface area contributed by atoms with Crippen LogP contribution < -0.4 is 10.1 Å². The molecule has 0 saturated carbocycles. The van der Waals surface area contributed by atoms with Gasteiger partial charge in [0.25, 0.3) is 5.91 Å². The molecule has 1 fully saturated rings. The average molecular weight is 399 g/mol. The zero-order chi connectivity index (χ0) is 19.8. The molecule has 1 N–H and O–H groups in total. The minimum Gasteiger partial charge on any atom is -0.490 e. The van der Waals surface area contributed by atoms with Crippen molar-refractivity contribution in [2.75, 3.05) is 26.2 Å². The normalized spacial score (nSPS) is 15.6. The lowest BCUT2D eigenvalue weighted by Gasteiger charge is -2.35. The summed E-state index contributed by atoms with van der Waals surface area (Å²) in [6.45, 7) is 6.75. The number of likely N-dealkylation sites (tertiary alicyclic amines) is 1. The van der Waals surface area contributed by atoms with Crippen molar-refractivity contribution in [3.63, 3.8) is 0 Å². The Labute approximate surface area is 172 Å². The average Bonchev–Trinajstić information content (AvgIpc) is 2.74. The van der Waals surface area contributed by atoms with Crippen LogP contribution in [0.2, 0.25) is 5.02 Å². The van der Waals surface area contributed by atoms with Crippen LogP contribution in [0.15, 0.2) is 61.2 Å². The molecule has 2 aromatic carbocycles. The second-order valence-corrected chi connectivity index (χ2v) is 7.43. The standard InChI is InChI=1S/C23H27ClN2O2/c1-2-16-28-21-12-8-19(9-13-21)23(27)25-17-22(26-14-4-3-5-15-26)18-6-10-20(24)11-7-18/h2,6-13,22H,1,3-5,14-17H2,(H,25,27)/t22-/m1/s1. The Morgan fingerprint density at radius 2 is 1.79 bits per heavy atom. The van der Waals surface area contributed by atoms with Crippen LogP contribution in [0.4, 0.5) is 0 Å². The van der Waals surface area contributed by atoms with Gasteiger partial charge in [-0.3, -0.25) is 9.69 Å². The first kappa shape index (κ1) is 20.4. The zero-order valence-electron chi connectivity index (χ0n) is 16.1. The number of benzene rings is 2. The number of nitrogens with zero attached hydrogens (tertiary/aromatic N) is 1. The van der Waals surface area contributed by atoms with Crippen LogP contribution in [0.25, 0.3) is 0 Å². The SMILES string of the molecule is C=CCOc1ccc(C(=O)NC[C@H](c2ccc(Cl)cc2)N2CCCCC2)cc1. The molecule has 3 rings (SSSR count). The number of carbonyl (C=O) groups excluding carboxylic acids is 1. The minimum absolute atomic E-state index is 0.0776. The van der Waals surface area contributed by atoms with Crippen LogP contribution >= 0.6 is 11.6 Å². The fourth-order valence-corrected chi connectivity index (χ4v) is 3.65. The molecule has 148 valence electrons. The Hall–Kier alpha value is -2.30. The molecular weight excluding hydrogens is 372 g/mol. The largest absolute Gasteiger partial charge is 0.490 e. The van der Waals surface area contributed by atoms with Gasteiger partial charge in [0.05, 0.1) is 6.04 Å². The molecule has 2 aromatic rings. The van der Waals surface area contributed by atoms with Gasteiger partial charge in [0, 0.05) is 17.1 Å². The lowest BCUT2D eigenvalue weighted by atomic mass is 10.0. The van der Waals surface area contributed by atoms with Crippen molar-refractivity contribution in [2.24, 2.45) is 0 Å². The molecule has 1 aliphatic heterocycles. The summed E-state index contributed by atoms with van der Waals surface area (Å²) >= 11 is 6.06. The van der Waals surface area contributed by atoms with Crippen molar-refractivity contribution in [1.82, 2.24) is 10.2 Å². The van der Waals surface area contributed by atoms with Crippen LogP contribution in [0.1, 0.15) is 41.2 Å². The quantitative estimate of drug-likeness (QED) is 0.645. The van der Waals surface area contributed by atoms with Crippen molar-refractivity contribution in [3.05, 3.63) is 77.3 Å². The zero-order valence-corrected chi connectivity index (χ0v) is 16.8. The maximum Gasteiger partial charge on any atom is 0.251 e. The summed E-state index contributed by atoms with van der Waals surface area (Å²) in [6, 6.07) is 15.3. The van der Waals surface area contributed by atoms with Gasteiger partial charge in [-0.05, 0) is 67.9 Å². The van der Waals surface area contributed by atoms with Gasteiger partial charge in [-0.1, -0.05) is 42.8 Å².